The van der Waals surface area contributed by atoms with E-state index < -0.39 is 29.6 Å². The predicted octanol–water partition coefficient (Wildman–Crippen LogP) is 3.36. The third-order valence-corrected chi connectivity index (χ3v) is 1.96. The first-order chi connectivity index (χ1) is 7.63. The zero-order valence-electron chi connectivity index (χ0n) is 7.73. The van der Waals surface area contributed by atoms with Crippen molar-refractivity contribution in [1.82, 2.24) is 10.2 Å². The van der Waals surface area contributed by atoms with Gasteiger partial charge in [0, 0.05) is 6.07 Å². The molecule has 0 aromatic carbocycles. The van der Waals surface area contributed by atoms with Crippen molar-refractivity contribution in [2.75, 3.05) is 6.61 Å². The Labute approximate surface area is 101 Å². The van der Waals surface area contributed by atoms with Crippen LogP contribution in [0.15, 0.2) is 6.07 Å². The fraction of sp³-hybridized carbons (Fsp3) is 0.429. The summed E-state index contributed by atoms with van der Waals surface area (Å²) in [5.41, 5.74) is 0. The summed E-state index contributed by atoms with van der Waals surface area (Å²) in [6.07, 6.45) is -5.70. The Bertz CT molecular complexity index is 412. The van der Waals surface area contributed by atoms with E-state index in [0.29, 0.717) is 0 Å². The van der Waals surface area contributed by atoms with Gasteiger partial charge in [0.15, 0.2) is 22.7 Å². The first-order valence-electron chi connectivity index (χ1n) is 3.89. The van der Waals surface area contributed by atoms with Gasteiger partial charge in [0.25, 0.3) is 0 Å². The Morgan fingerprint density at radius 3 is 2.24 bits per heavy atom. The zero-order chi connectivity index (χ0) is 13.3. The van der Waals surface area contributed by atoms with Gasteiger partial charge in [-0.05, 0) is 0 Å². The lowest BCUT2D eigenvalue weighted by molar-refractivity contribution is -0.290. The number of halogens is 7. The molecule has 1 aromatic rings. The molecule has 0 fully saturated rings. The van der Waals surface area contributed by atoms with Crippen molar-refractivity contribution < 1.29 is 26.7 Å². The molecular weight excluding hydrogens is 294 g/mol. The minimum atomic E-state index is -5.70. The molecule has 1 rings (SSSR count). The fourth-order valence-electron chi connectivity index (χ4n) is 0.689. The van der Waals surface area contributed by atoms with Gasteiger partial charge in [-0.3, -0.25) is 0 Å². The van der Waals surface area contributed by atoms with Crippen LogP contribution in [0.25, 0.3) is 0 Å². The van der Waals surface area contributed by atoms with E-state index in [-0.39, 0.29) is 5.15 Å². The summed E-state index contributed by atoms with van der Waals surface area (Å²) in [6.45, 7) is -1.92. The largest absolute Gasteiger partial charge is 0.483 e. The van der Waals surface area contributed by atoms with Gasteiger partial charge < -0.3 is 4.74 Å². The van der Waals surface area contributed by atoms with Crippen LogP contribution in [-0.4, -0.2) is 28.9 Å². The first kappa shape index (κ1) is 14.2. The van der Waals surface area contributed by atoms with Gasteiger partial charge in [0.1, 0.15) is 0 Å². The van der Waals surface area contributed by atoms with Crippen LogP contribution in [0.3, 0.4) is 0 Å². The summed E-state index contributed by atoms with van der Waals surface area (Å²) in [6, 6.07) is 0.878. The molecular formula is C7H3Cl2F5N2O. The summed E-state index contributed by atoms with van der Waals surface area (Å²) >= 11 is 10.7. The third kappa shape index (κ3) is 3.53. The highest BCUT2D eigenvalue weighted by Gasteiger charge is 2.58. The lowest BCUT2D eigenvalue weighted by atomic mass is 10.3. The molecule has 1 aromatic heterocycles. The topological polar surface area (TPSA) is 35.0 Å². The number of hydrogen-bond acceptors (Lipinski definition) is 3. The third-order valence-electron chi connectivity index (χ3n) is 1.51. The Balaban J connectivity index is 2.77. The maximum absolute atomic E-state index is 12.5. The van der Waals surface area contributed by atoms with Crippen molar-refractivity contribution in [2.24, 2.45) is 0 Å². The van der Waals surface area contributed by atoms with Crippen molar-refractivity contribution in [3.63, 3.8) is 0 Å². The molecule has 0 unspecified atom stereocenters. The van der Waals surface area contributed by atoms with Gasteiger partial charge in [-0.15, -0.1) is 10.2 Å². The minimum Gasteiger partial charge on any atom is -0.483 e. The molecule has 0 aliphatic carbocycles. The summed E-state index contributed by atoms with van der Waals surface area (Å²) in [7, 11) is 0. The maximum Gasteiger partial charge on any atom is 0.456 e. The Kier molecular flexibility index (Phi) is 3.98. The molecule has 0 spiro atoms. The van der Waals surface area contributed by atoms with Gasteiger partial charge in [0.2, 0.25) is 0 Å². The summed E-state index contributed by atoms with van der Waals surface area (Å²) < 4.78 is 64.6. The summed E-state index contributed by atoms with van der Waals surface area (Å²) in [5.74, 6) is -5.50. The van der Waals surface area contributed by atoms with Crippen LogP contribution in [0, 0.1) is 0 Å². The average Bonchev–Trinajstić information content (AvgIpc) is 2.18. The normalized spacial score (nSPS) is 12.6. The quantitative estimate of drug-likeness (QED) is 0.802. The molecule has 10 heteroatoms. The molecule has 1 heterocycles. The second-order valence-electron chi connectivity index (χ2n) is 2.81. The molecule has 3 nitrogen and oxygen atoms in total. The second-order valence-corrected chi connectivity index (χ2v) is 3.56. The van der Waals surface area contributed by atoms with Gasteiger partial charge in [-0.25, -0.2) is 0 Å². The Hall–Kier alpha value is -0.890. The SMILES string of the molecule is FC(F)(F)C(F)(F)COc1cc(Cl)nnc1Cl. The van der Waals surface area contributed by atoms with Crippen LogP contribution in [0.1, 0.15) is 0 Å². The van der Waals surface area contributed by atoms with E-state index in [1.165, 1.54) is 0 Å². The highest BCUT2D eigenvalue weighted by atomic mass is 35.5. The standard InChI is InChI=1S/C7H3Cl2F5N2O/c8-4-1-3(5(9)16-15-4)17-2-6(10,11)7(12,13)14/h1H,2H2. The lowest BCUT2D eigenvalue weighted by Crippen LogP contribution is -2.41. The first-order valence-corrected chi connectivity index (χ1v) is 4.65. The number of aromatic nitrogens is 2. The maximum atomic E-state index is 12.5. The summed E-state index contributed by atoms with van der Waals surface area (Å²) in [4.78, 5) is 0. The summed E-state index contributed by atoms with van der Waals surface area (Å²) in [5, 5.41) is 5.68. The molecule has 17 heavy (non-hydrogen) atoms. The van der Waals surface area contributed by atoms with Crippen molar-refractivity contribution in [3.8, 4) is 5.75 Å². The molecule has 0 bridgehead atoms. The zero-order valence-corrected chi connectivity index (χ0v) is 9.24. The number of hydrogen-bond donors (Lipinski definition) is 0. The van der Waals surface area contributed by atoms with E-state index in [1.54, 1.807) is 0 Å². The monoisotopic (exact) mass is 296 g/mol. The lowest BCUT2D eigenvalue weighted by Gasteiger charge is -2.19. The van der Waals surface area contributed by atoms with Crippen LogP contribution in [-0.2, 0) is 0 Å². The fourth-order valence-corrected chi connectivity index (χ4v) is 0.973. The van der Waals surface area contributed by atoms with Gasteiger partial charge >= 0.3 is 12.1 Å². The van der Waals surface area contributed by atoms with Crippen molar-refractivity contribution in [2.45, 2.75) is 12.1 Å². The van der Waals surface area contributed by atoms with Crippen molar-refractivity contribution in [1.29, 1.82) is 0 Å². The minimum absolute atomic E-state index is 0.250. The number of alkyl halides is 5. The number of rotatable bonds is 3. The molecule has 0 radical (unpaired) electrons. The predicted molar refractivity (Wildman–Crippen MR) is 48.5 cm³/mol. The highest BCUT2D eigenvalue weighted by Crippen LogP contribution is 2.36. The van der Waals surface area contributed by atoms with Gasteiger partial charge in [-0.1, -0.05) is 23.2 Å². The van der Waals surface area contributed by atoms with E-state index >= 15 is 0 Å². The van der Waals surface area contributed by atoms with E-state index in [4.69, 9.17) is 23.2 Å². The Morgan fingerprint density at radius 2 is 1.71 bits per heavy atom. The van der Waals surface area contributed by atoms with Crippen LogP contribution in [0.2, 0.25) is 10.3 Å². The van der Waals surface area contributed by atoms with Crippen molar-refractivity contribution >= 4 is 23.2 Å². The number of ether oxygens (including phenoxy) is 1. The van der Waals surface area contributed by atoms with E-state index in [2.05, 4.69) is 14.9 Å². The molecule has 0 saturated heterocycles. The molecule has 0 saturated carbocycles. The van der Waals surface area contributed by atoms with Crippen LogP contribution in [0.4, 0.5) is 22.0 Å². The highest BCUT2D eigenvalue weighted by molar-refractivity contribution is 6.32. The van der Waals surface area contributed by atoms with Crippen LogP contribution >= 0.6 is 23.2 Å². The second kappa shape index (κ2) is 4.77. The molecule has 0 aliphatic heterocycles. The Morgan fingerprint density at radius 1 is 1.12 bits per heavy atom. The van der Waals surface area contributed by atoms with Crippen LogP contribution in [0.5, 0.6) is 5.75 Å². The van der Waals surface area contributed by atoms with E-state index in [0.717, 1.165) is 6.07 Å². The molecule has 0 aliphatic rings. The van der Waals surface area contributed by atoms with Gasteiger partial charge in [-0.2, -0.15) is 22.0 Å². The van der Waals surface area contributed by atoms with E-state index in [1.807, 2.05) is 0 Å². The van der Waals surface area contributed by atoms with Crippen molar-refractivity contribution in [3.05, 3.63) is 16.4 Å². The van der Waals surface area contributed by atoms with E-state index in [9.17, 15) is 22.0 Å². The molecule has 0 N–H and O–H groups in total. The smallest absolute Gasteiger partial charge is 0.456 e. The van der Waals surface area contributed by atoms with Gasteiger partial charge in [0.05, 0.1) is 0 Å². The molecule has 0 amide bonds. The molecule has 96 valence electrons. The molecule has 0 atom stereocenters. The average molecular weight is 297 g/mol. The number of nitrogens with zero attached hydrogens (tertiary/aromatic N) is 2. The van der Waals surface area contributed by atoms with Crippen LogP contribution < -0.4 is 4.74 Å².